The fourth-order valence-electron chi connectivity index (χ4n) is 0.780. The number of hydrogen-bond acceptors (Lipinski definition) is 3. The molecule has 0 aliphatic rings. The highest BCUT2D eigenvalue weighted by molar-refractivity contribution is 14.1. The highest BCUT2D eigenvalue weighted by atomic mass is 127. The SMILES string of the molecule is CCOC(=O)C/C=C(\I)CC(C)O. The van der Waals surface area contributed by atoms with Gasteiger partial charge in [0.2, 0.25) is 0 Å². The Morgan fingerprint density at radius 1 is 1.69 bits per heavy atom. The van der Waals surface area contributed by atoms with Gasteiger partial charge in [-0.15, -0.1) is 0 Å². The molecule has 0 amide bonds. The lowest BCUT2D eigenvalue weighted by Crippen LogP contribution is -2.03. The van der Waals surface area contributed by atoms with Crippen molar-refractivity contribution >= 4 is 28.6 Å². The van der Waals surface area contributed by atoms with Crippen molar-refractivity contribution in [2.45, 2.75) is 32.8 Å². The molecule has 0 spiro atoms. The van der Waals surface area contributed by atoms with Crippen molar-refractivity contribution in [3.8, 4) is 0 Å². The van der Waals surface area contributed by atoms with Crippen LogP contribution < -0.4 is 0 Å². The van der Waals surface area contributed by atoms with Crippen LogP contribution in [0.5, 0.6) is 0 Å². The topological polar surface area (TPSA) is 46.5 Å². The Bertz CT molecular complexity index is 187. The largest absolute Gasteiger partial charge is 0.466 e. The summed E-state index contributed by atoms with van der Waals surface area (Å²) in [6.45, 7) is 3.92. The van der Waals surface area contributed by atoms with Gasteiger partial charge < -0.3 is 9.84 Å². The second kappa shape index (κ2) is 7.32. The molecule has 3 nitrogen and oxygen atoms in total. The maximum absolute atomic E-state index is 10.9. The number of halogens is 1. The predicted octanol–water partition coefficient (Wildman–Crippen LogP) is 2.03. The highest BCUT2D eigenvalue weighted by Crippen LogP contribution is 2.14. The van der Waals surface area contributed by atoms with Gasteiger partial charge in [-0.1, -0.05) is 6.08 Å². The summed E-state index contributed by atoms with van der Waals surface area (Å²) in [7, 11) is 0. The summed E-state index contributed by atoms with van der Waals surface area (Å²) in [5.41, 5.74) is 0. The first-order valence-corrected chi connectivity index (χ1v) is 5.32. The standard InChI is InChI=1S/C9H15IO3/c1-3-13-9(12)5-4-8(10)6-7(2)11/h4,7,11H,3,5-6H2,1-2H3/b8-4-. The van der Waals surface area contributed by atoms with Crippen molar-refractivity contribution in [2.75, 3.05) is 6.61 Å². The lowest BCUT2D eigenvalue weighted by Gasteiger charge is -2.02. The predicted molar refractivity (Wildman–Crippen MR) is 59.7 cm³/mol. The van der Waals surface area contributed by atoms with E-state index in [2.05, 4.69) is 22.6 Å². The number of carbonyl (C=O) groups is 1. The van der Waals surface area contributed by atoms with Crippen molar-refractivity contribution in [1.29, 1.82) is 0 Å². The summed E-state index contributed by atoms with van der Waals surface area (Å²) in [5, 5.41) is 9.03. The van der Waals surface area contributed by atoms with Gasteiger partial charge >= 0.3 is 5.97 Å². The van der Waals surface area contributed by atoms with Crippen molar-refractivity contribution in [3.05, 3.63) is 9.66 Å². The molecule has 1 unspecified atom stereocenters. The van der Waals surface area contributed by atoms with E-state index in [4.69, 9.17) is 9.84 Å². The zero-order valence-corrected chi connectivity index (χ0v) is 10.1. The lowest BCUT2D eigenvalue weighted by molar-refractivity contribution is -0.142. The summed E-state index contributed by atoms with van der Waals surface area (Å²) in [6.07, 6.45) is 2.31. The number of rotatable bonds is 5. The average Bonchev–Trinajstić information content (AvgIpc) is 2.00. The van der Waals surface area contributed by atoms with Gasteiger partial charge in [-0.05, 0) is 40.0 Å². The third-order valence-corrected chi connectivity index (χ3v) is 2.17. The third kappa shape index (κ3) is 8.24. The molecular weight excluding hydrogens is 283 g/mol. The number of aliphatic hydroxyl groups is 1. The molecule has 0 saturated heterocycles. The van der Waals surface area contributed by atoms with E-state index >= 15 is 0 Å². The zero-order chi connectivity index (χ0) is 10.3. The maximum Gasteiger partial charge on any atom is 0.309 e. The number of hydrogen-bond donors (Lipinski definition) is 1. The zero-order valence-electron chi connectivity index (χ0n) is 7.92. The van der Waals surface area contributed by atoms with E-state index < -0.39 is 0 Å². The van der Waals surface area contributed by atoms with E-state index in [1.165, 1.54) is 0 Å². The minimum absolute atomic E-state index is 0.220. The molecule has 76 valence electrons. The Morgan fingerprint density at radius 2 is 2.31 bits per heavy atom. The molecule has 0 aromatic carbocycles. The molecule has 0 radical (unpaired) electrons. The molecule has 0 aliphatic carbocycles. The van der Waals surface area contributed by atoms with Crippen LogP contribution in [0.15, 0.2) is 9.66 Å². The molecule has 0 aromatic rings. The molecule has 1 atom stereocenters. The third-order valence-electron chi connectivity index (χ3n) is 1.29. The smallest absolute Gasteiger partial charge is 0.309 e. The van der Waals surface area contributed by atoms with E-state index in [1.54, 1.807) is 19.9 Å². The lowest BCUT2D eigenvalue weighted by atomic mass is 10.2. The first-order valence-electron chi connectivity index (χ1n) is 4.24. The molecule has 0 rings (SSSR count). The Labute approximate surface area is 92.3 Å². The quantitative estimate of drug-likeness (QED) is 0.624. The molecule has 4 heteroatoms. The first kappa shape index (κ1) is 12.9. The molecule has 13 heavy (non-hydrogen) atoms. The molecule has 0 saturated carbocycles. The number of aliphatic hydroxyl groups excluding tert-OH is 1. The van der Waals surface area contributed by atoms with Crippen molar-refractivity contribution in [2.24, 2.45) is 0 Å². The van der Waals surface area contributed by atoms with Gasteiger partial charge in [0.25, 0.3) is 0 Å². The Kier molecular flexibility index (Phi) is 7.26. The second-order valence-electron chi connectivity index (χ2n) is 2.71. The van der Waals surface area contributed by atoms with Crippen LogP contribution in [-0.4, -0.2) is 23.8 Å². The summed E-state index contributed by atoms with van der Waals surface area (Å²) in [4.78, 5) is 10.9. The molecular formula is C9H15IO3. The van der Waals surface area contributed by atoms with Gasteiger partial charge in [0.1, 0.15) is 0 Å². The summed E-state index contributed by atoms with van der Waals surface area (Å²) < 4.78 is 5.73. The van der Waals surface area contributed by atoms with Crippen molar-refractivity contribution in [3.63, 3.8) is 0 Å². The normalized spacial score (nSPS) is 14.0. The van der Waals surface area contributed by atoms with Crippen LogP contribution in [-0.2, 0) is 9.53 Å². The van der Waals surface area contributed by atoms with Gasteiger partial charge in [0.15, 0.2) is 0 Å². The second-order valence-corrected chi connectivity index (χ2v) is 4.10. The Balaban J connectivity index is 3.75. The van der Waals surface area contributed by atoms with Crippen LogP contribution in [0.1, 0.15) is 26.7 Å². The fraction of sp³-hybridized carbons (Fsp3) is 0.667. The fourth-order valence-corrected chi connectivity index (χ4v) is 1.64. The minimum Gasteiger partial charge on any atom is -0.466 e. The van der Waals surface area contributed by atoms with E-state index in [-0.39, 0.29) is 12.1 Å². The number of carbonyl (C=O) groups excluding carboxylic acids is 1. The summed E-state index contributed by atoms with van der Waals surface area (Å²) in [6, 6.07) is 0. The van der Waals surface area contributed by atoms with Gasteiger partial charge in [0, 0.05) is 6.42 Å². The molecule has 1 N–H and O–H groups in total. The minimum atomic E-state index is -0.356. The van der Waals surface area contributed by atoms with E-state index in [0.717, 1.165) is 3.58 Å². The van der Waals surface area contributed by atoms with Gasteiger partial charge in [0.05, 0.1) is 19.1 Å². The van der Waals surface area contributed by atoms with Crippen LogP contribution in [0.25, 0.3) is 0 Å². The van der Waals surface area contributed by atoms with Crippen LogP contribution >= 0.6 is 22.6 Å². The molecule has 0 aliphatic heterocycles. The van der Waals surface area contributed by atoms with Crippen LogP contribution in [0.4, 0.5) is 0 Å². The summed E-state index contributed by atoms with van der Waals surface area (Å²) in [5.74, 6) is -0.220. The van der Waals surface area contributed by atoms with E-state index in [0.29, 0.717) is 19.4 Å². The van der Waals surface area contributed by atoms with Crippen LogP contribution in [0, 0.1) is 0 Å². The molecule has 0 heterocycles. The van der Waals surface area contributed by atoms with E-state index in [1.807, 2.05) is 0 Å². The van der Waals surface area contributed by atoms with E-state index in [9.17, 15) is 4.79 Å². The van der Waals surface area contributed by atoms with Crippen molar-refractivity contribution < 1.29 is 14.6 Å². The Morgan fingerprint density at radius 3 is 2.77 bits per heavy atom. The van der Waals surface area contributed by atoms with Crippen molar-refractivity contribution in [1.82, 2.24) is 0 Å². The highest BCUT2D eigenvalue weighted by Gasteiger charge is 2.01. The molecule has 0 fully saturated rings. The number of esters is 1. The number of ether oxygens (including phenoxy) is 1. The molecule has 0 bridgehead atoms. The summed E-state index contributed by atoms with van der Waals surface area (Å²) >= 11 is 2.11. The monoisotopic (exact) mass is 298 g/mol. The van der Waals surface area contributed by atoms with Crippen LogP contribution in [0.3, 0.4) is 0 Å². The van der Waals surface area contributed by atoms with Gasteiger partial charge in [-0.2, -0.15) is 0 Å². The van der Waals surface area contributed by atoms with Crippen LogP contribution in [0.2, 0.25) is 0 Å². The van der Waals surface area contributed by atoms with Gasteiger partial charge in [-0.25, -0.2) is 0 Å². The average molecular weight is 298 g/mol. The molecule has 0 aromatic heterocycles. The maximum atomic E-state index is 10.9. The first-order chi connectivity index (χ1) is 6.06. The Hall–Kier alpha value is -0.100. The van der Waals surface area contributed by atoms with Gasteiger partial charge in [-0.3, -0.25) is 4.79 Å².